The number of anilines is 1. The maximum Gasteiger partial charge on any atom is 0.341 e. The number of hydrogen-bond donors (Lipinski definition) is 1. The van der Waals surface area contributed by atoms with Crippen LogP contribution in [0.25, 0.3) is 0 Å². The van der Waals surface area contributed by atoms with Crippen LogP contribution in [0, 0.1) is 0 Å². The highest BCUT2D eigenvalue weighted by atomic mass is 16.5. The number of methoxy groups -OCH3 is 1. The van der Waals surface area contributed by atoms with Crippen molar-refractivity contribution < 1.29 is 23.5 Å². The summed E-state index contributed by atoms with van der Waals surface area (Å²) in [5, 5.41) is 2.84. The molecule has 1 heterocycles. The number of carbonyl (C=O) groups excluding carboxylic acids is 2. The minimum Gasteiger partial charge on any atom is -0.497 e. The first-order valence-corrected chi connectivity index (χ1v) is 8.47. The highest BCUT2D eigenvalue weighted by Gasteiger charge is 2.19. The highest BCUT2D eigenvalue weighted by Crippen LogP contribution is 2.16. The zero-order chi connectivity index (χ0) is 18.9. The second-order valence-electron chi connectivity index (χ2n) is 5.56. The number of nitrogens with one attached hydrogen (secondary N) is 1. The monoisotopic (exact) mass is 360 g/mol. The van der Waals surface area contributed by atoms with E-state index in [2.05, 4.69) is 5.32 Å². The molecule has 1 N–H and O–H groups in total. The van der Waals surface area contributed by atoms with Gasteiger partial charge in [0.2, 0.25) is 5.91 Å². The molecule has 26 heavy (non-hydrogen) atoms. The van der Waals surface area contributed by atoms with Gasteiger partial charge in [-0.15, -0.1) is 0 Å². The number of benzene rings is 1. The molecule has 0 atom stereocenters. The van der Waals surface area contributed by atoms with Crippen molar-refractivity contribution in [3.8, 4) is 5.75 Å². The molecule has 1 amide bonds. The van der Waals surface area contributed by atoms with Crippen LogP contribution >= 0.6 is 0 Å². The lowest BCUT2D eigenvalue weighted by Gasteiger charge is -2.19. The van der Waals surface area contributed by atoms with Crippen molar-refractivity contribution in [1.29, 1.82) is 0 Å². The molecule has 0 radical (unpaired) electrons. The van der Waals surface area contributed by atoms with Gasteiger partial charge in [-0.25, -0.2) is 4.79 Å². The Morgan fingerprint density at radius 1 is 1.15 bits per heavy atom. The van der Waals surface area contributed by atoms with Crippen LogP contribution in [0.15, 0.2) is 41.0 Å². The Bertz CT molecular complexity index is 724. The van der Waals surface area contributed by atoms with Gasteiger partial charge in [-0.1, -0.05) is 6.92 Å². The number of nitrogens with zero attached hydrogens (tertiary/aromatic N) is 1. The lowest BCUT2D eigenvalue weighted by Crippen LogP contribution is -2.33. The Morgan fingerprint density at radius 3 is 2.50 bits per heavy atom. The molecule has 7 nitrogen and oxygen atoms in total. The van der Waals surface area contributed by atoms with Crippen LogP contribution in [0.2, 0.25) is 0 Å². The minimum absolute atomic E-state index is 0.152. The zero-order valence-corrected chi connectivity index (χ0v) is 15.3. The summed E-state index contributed by atoms with van der Waals surface area (Å²) < 4.78 is 15.5. The average Bonchev–Trinajstić information content (AvgIpc) is 3.10. The second kappa shape index (κ2) is 9.62. The van der Waals surface area contributed by atoms with Crippen LogP contribution < -0.4 is 10.1 Å². The number of esters is 1. The van der Waals surface area contributed by atoms with Gasteiger partial charge >= 0.3 is 5.97 Å². The predicted molar refractivity (Wildman–Crippen MR) is 97.2 cm³/mol. The molecule has 0 unspecified atom stereocenters. The molecule has 0 saturated heterocycles. The van der Waals surface area contributed by atoms with E-state index in [1.54, 1.807) is 44.4 Å². The molecule has 2 aromatic rings. The van der Waals surface area contributed by atoms with Crippen LogP contribution in [0.5, 0.6) is 5.75 Å². The van der Waals surface area contributed by atoms with Gasteiger partial charge in [-0.3, -0.25) is 9.69 Å². The molecule has 1 aromatic heterocycles. The maximum atomic E-state index is 12.3. The van der Waals surface area contributed by atoms with E-state index in [0.29, 0.717) is 36.7 Å². The Labute approximate surface area is 152 Å². The molecule has 0 fully saturated rings. The fraction of sp³-hybridized carbons (Fsp3) is 0.368. The molecular formula is C19H24N2O5. The van der Waals surface area contributed by atoms with Gasteiger partial charge in [-0.2, -0.15) is 0 Å². The molecule has 0 aliphatic carbocycles. The summed E-state index contributed by atoms with van der Waals surface area (Å²) in [6, 6.07) is 8.69. The number of furan rings is 1. The summed E-state index contributed by atoms with van der Waals surface area (Å²) in [5.41, 5.74) is 1.08. The van der Waals surface area contributed by atoms with Gasteiger partial charge < -0.3 is 19.2 Å². The van der Waals surface area contributed by atoms with Crippen LogP contribution in [0.4, 0.5) is 5.69 Å². The Balaban J connectivity index is 1.95. The normalized spacial score (nSPS) is 10.6. The van der Waals surface area contributed by atoms with E-state index in [9.17, 15) is 9.59 Å². The molecular weight excluding hydrogens is 336 g/mol. The number of rotatable bonds is 9. The summed E-state index contributed by atoms with van der Waals surface area (Å²) >= 11 is 0. The summed E-state index contributed by atoms with van der Waals surface area (Å²) in [6.45, 7) is 5.12. The molecule has 0 aliphatic rings. The Kier molecular flexibility index (Phi) is 7.23. The molecule has 7 heteroatoms. The van der Waals surface area contributed by atoms with Gasteiger partial charge in [0, 0.05) is 5.69 Å². The average molecular weight is 360 g/mol. The topological polar surface area (TPSA) is 81.0 Å². The molecule has 1 aromatic carbocycles. The number of ether oxygens (including phenoxy) is 2. The van der Waals surface area contributed by atoms with Gasteiger partial charge in [0.15, 0.2) is 0 Å². The summed E-state index contributed by atoms with van der Waals surface area (Å²) in [4.78, 5) is 26.1. The first-order valence-electron chi connectivity index (χ1n) is 8.47. The third-order valence-electron chi connectivity index (χ3n) is 3.80. The SMILES string of the molecule is CCOC(=O)c1ccoc1CN(CC)CC(=O)Nc1ccc(OC)cc1. The quantitative estimate of drug-likeness (QED) is 0.693. The van der Waals surface area contributed by atoms with E-state index in [0.717, 1.165) is 5.75 Å². The molecule has 0 aliphatic heterocycles. The van der Waals surface area contributed by atoms with E-state index in [4.69, 9.17) is 13.9 Å². The zero-order valence-electron chi connectivity index (χ0n) is 15.3. The van der Waals surface area contributed by atoms with Crippen molar-refractivity contribution in [1.82, 2.24) is 4.90 Å². The lowest BCUT2D eigenvalue weighted by molar-refractivity contribution is -0.117. The number of hydrogen-bond acceptors (Lipinski definition) is 6. The first kappa shape index (κ1) is 19.5. The maximum absolute atomic E-state index is 12.3. The largest absolute Gasteiger partial charge is 0.497 e. The number of likely N-dealkylation sites (N-methyl/N-ethyl adjacent to an activating group) is 1. The highest BCUT2D eigenvalue weighted by molar-refractivity contribution is 5.92. The smallest absolute Gasteiger partial charge is 0.341 e. The van der Waals surface area contributed by atoms with Gasteiger partial charge in [0.1, 0.15) is 17.1 Å². The summed E-state index contributed by atoms with van der Waals surface area (Å²) in [5.74, 6) is 0.640. The first-order chi connectivity index (χ1) is 12.6. The van der Waals surface area contributed by atoms with Crippen molar-refractivity contribution in [3.05, 3.63) is 47.9 Å². The fourth-order valence-corrected chi connectivity index (χ4v) is 2.41. The summed E-state index contributed by atoms with van der Waals surface area (Å²) in [7, 11) is 1.59. The van der Waals surface area contributed by atoms with Crippen molar-refractivity contribution in [3.63, 3.8) is 0 Å². The Morgan fingerprint density at radius 2 is 1.88 bits per heavy atom. The molecule has 2 rings (SSSR count). The van der Waals surface area contributed by atoms with Crippen molar-refractivity contribution in [2.75, 3.05) is 32.1 Å². The van der Waals surface area contributed by atoms with E-state index in [1.165, 1.54) is 6.26 Å². The molecule has 0 spiro atoms. The number of amides is 1. The van der Waals surface area contributed by atoms with Crippen molar-refractivity contribution in [2.45, 2.75) is 20.4 Å². The molecule has 0 saturated carbocycles. The second-order valence-corrected chi connectivity index (χ2v) is 5.56. The van der Waals surface area contributed by atoms with Crippen molar-refractivity contribution >= 4 is 17.6 Å². The molecule has 0 bridgehead atoms. The fourth-order valence-electron chi connectivity index (χ4n) is 2.41. The van der Waals surface area contributed by atoms with Gasteiger partial charge in [-0.05, 0) is 43.8 Å². The van der Waals surface area contributed by atoms with Crippen LogP contribution in [-0.2, 0) is 16.1 Å². The standard InChI is InChI=1S/C19H24N2O5/c1-4-21(12-17-16(10-11-26-17)19(23)25-5-2)13-18(22)20-14-6-8-15(24-3)9-7-14/h6-11H,4-5,12-13H2,1-3H3,(H,20,22). The van der Waals surface area contributed by atoms with Gasteiger partial charge in [0.05, 0.1) is 33.1 Å². The van der Waals surface area contributed by atoms with E-state index in [1.807, 2.05) is 11.8 Å². The van der Waals surface area contributed by atoms with Crippen LogP contribution in [0.1, 0.15) is 30.0 Å². The van der Waals surface area contributed by atoms with E-state index < -0.39 is 5.97 Å². The van der Waals surface area contributed by atoms with Crippen LogP contribution in [0.3, 0.4) is 0 Å². The third kappa shape index (κ3) is 5.35. The van der Waals surface area contributed by atoms with Crippen molar-refractivity contribution in [2.24, 2.45) is 0 Å². The predicted octanol–water partition coefficient (Wildman–Crippen LogP) is 2.93. The molecule has 140 valence electrons. The third-order valence-corrected chi connectivity index (χ3v) is 3.80. The van der Waals surface area contributed by atoms with E-state index in [-0.39, 0.29) is 12.5 Å². The van der Waals surface area contributed by atoms with Crippen LogP contribution in [-0.4, -0.2) is 43.6 Å². The van der Waals surface area contributed by atoms with E-state index >= 15 is 0 Å². The summed E-state index contributed by atoms with van der Waals surface area (Å²) in [6.07, 6.45) is 1.45. The number of carbonyl (C=O) groups is 2. The Hall–Kier alpha value is -2.80. The minimum atomic E-state index is -0.421. The lowest BCUT2D eigenvalue weighted by atomic mass is 10.2. The van der Waals surface area contributed by atoms with Gasteiger partial charge in [0.25, 0.3) is 0 Å².